The molecule has 4 saturated carbocycles. The number of anilines is 4. The van der Waals surface area contributed by atoms with Crippen LogP contribution in [0.1, 0.15) is 132 Å². The minimum atomic E-state index is -1.16. The van der Waals surface area contributed by atoms with Gasteiger partial charge in [0.25, 0.3) is 36.6 Å². The maximum atomic E-state index is 14.6. The average molecular weight is 1910 g/mol. The molecule has 4 amide bonds. The number of amides is 4. The number of pyridine rings is 4. The van der Waals surface area contributed by atoms with E-state index in [1.54, 1.807) is 151 Å². The molecule has 16 heterocycles. The van der Waals surface area contributed by atoms with Crippen molar-refractivity contribution in [1.29, 1.82) is 0 Å². The number of thiazole rings is 4. The molecule has 692 valence electrons. The van der Waals surface area contributed by atoms with E-state index >= 15 is 0 Å². The van der Waals surface area contributed by atoms with E-state index in [4.69, 9.17) is 38.7 Å². The van der Waals surface area contributed by atoms with Crippen molar-refractivity contribution in [3.05, 3.63) is 216 Å². The highest BCUT2D eigenvalue weighted by Gasteiger charge is 2.46. The van der Waals surface area contributed by atoms with E-state index in [1.807, 2.05) is 39.8 Å². The zero-order valence-electron chi connectivity index (χ0n) is 71.4. The minimum absolute atomic E-state index is 0.0830. The van der Waals surface area contributed by atoms with Gasteiger partial charge in [-0.3, -0.25) is 87.8 Å². The Hall–Kier alpha value is -14.8. The first-order valence-electron chi connectivity index (χ1n) is 41.7. The second-order valence-corrected chi connectivity index (χ2v) is 33.1. The third-order valence-corrected chi connectivity index (χ3v) is 24.7. The Kier molecular flexibility index (Phi) is 31.1. The quantitative estimate of drug-likeness (QED) is 0.0161. The topological polar surface area (TPSA) is 517 Å². The lowest BCUT2D eigenvalue weighted by Crippen LogP contribution is -2.46. The standard InChI is InChI=1S/4C21H20FN7O2S.2CH2O2/c1-2-31-15-6-14(7-15)29-10-17(19(28-29)16-5-13(22)3-4-23-16)26-20(30)18-11-32-21(27-18)12-8-24-25-9-12;1-2-31-14-6-13(7-14)29-10-16(19(28-29)18-15(22)4-3-5-23-18)26-20(30)17-11-32-21(27-17)12-8-24-25-9-12;2*1-2-31-17-7-16(18(17)22)29-10-14(19(28-29)13-5-3-4-6-23-13)26-20(30)15-11-32-21(27-15)12-8-24-25-9-12;2*2-1-3/h3-5,8-11,14-15H,2,6-7H2,1H3,(H,24,25)(H,26,30);3-5,8-11,13-14H,2,6-7H2,1H3,(H,24,25)(H,26,30);2*3-6,8-11,16-18H,2,7H2,1H3,(H,24,25)(H,26,30);2*1H,(H,2,3)/t;;2*16-,17+,18?;;/m..00../s1. The first kappa shape index (κ1) is 93.8. The summed E-state index contributed by atoms with van der Waals surface area (Å²) >= 11 is 5.38. The maximum absolute atomic E-state index is 14.6. The van der Waals surface area contributed by atoms with Gasteiger partial charge in [-0.2, -0.15) is 40.8 Å². The van der Waals surface area contributed by atoms with E-state index in [1.165, 1.54) is 82.0 Å². The fraction of sp³-hybridized carbons (Fsp3) is 0.279. The molecule has 134 heavy (non-hydrogen) atoms. The molecule has 0 aromatic carbocycles. The summed E-state index contributed by atoms with van der Waals surface area (Å²) in [6.45, 7) is 9.39. The van der Waals surface area contributed by atoms with Crippen molar-refractivity contribution in [3.63, 3.8) is 0 Å². The predicted octanol–water partition coefficient (Wildman–Crippen LogP) is 14.7. The molecule has 0 saturated heterocycles. The number of carbonyl (C=O) groups excluding carboxylic acids is 4. The fourth-order valence-electron chi connectivity index (χ4n) is 14.4. The van der Waals surface area contributed by atoms with Gasteiger partial charge in [-0.15, -0.1) is 45.3 Å². The summed E-state index contributed by atoms with van der Waals surface area (Å²) in [5, 5.41) is 79.5. The molecule has 2 unspecified atom stereocenters. The van der Waals surface area contributed by atoms with Gasteiger partial charge in [-0.25, -0.2) is 37.5 Å². The molecule has 0 spiro atoms. The summed E-state index contributed by atoms with van der Waals surface area (Å²) in [7, 11) is 0. The van der Waals surface area contributed by atoms with Crippen molar-refractivity contribution in [2.45, 2.75) is 127 Å². The van der Waals surface area contributed by atoms with Gasteiger partial charge in [0.15, 0.2) is 5.82 Å². The van der Waals surface area contributed by atoms with Crippen LogP contribution in [0.15, 0.2) is 181 Å². The van der Waals surface area contributed by atoms with E-state index in [-0.39, 0.29) is 89.1 Å². The highest BCUT2D eigenvalue weighted by atomic mass is 32.1. The van der Waals surface area contributed by atoms with E-state index < -0.39 is 54.2 Å². The number of nitrogens with one attached hydrogen (secondary N) is 8. The number of alkyl halides is 2. The maximum Gasteiger partial charge on any atom is 0.290 e. The van der Waals surface area contributed by atoms with Crippen molar-refractivity contribution in [3.8, 4) is 87.8 Å². The van der Waals surface area contributed by atoms with Crippen molar-refractivity contribution in [1.82, 2.24) is 120 Å². The van der Waals surface area contributed by atoms with Gasteiger partial charge in [0, 0.05) is 163 Å². The number of carbonyl (C=O) groups is 6. The summed E-state index contributed by atoms with van der Waals surface area (Å²) in [5.41, 5.74) is 9.21. The fourth-order valence-corrected chi connectivity index (χ4v) is 17.5. The minimum Gasteiger partial charge on any atom is -0.483 e. The van der Waals surface area contributed by atoms with Crippen molar-refractivity contribution in [2.24, 2.45) is 0 Å². The van der Waals surface area contributed by atoms with E-state index in [0.717, 1.165) is 47.9 Å². The van der Waals surface area contributed by atoms with Crippen LogP contribution in [0.3, 0.4) is 0 Å². The molecule has 0 aliphatic heterocycles. The molecule has 40 nitrogen and oxygen atoms in total. The number of rotatable bonds is 28. The van der Waals surface area contributed by atoms with Crippen LogP contribution >= 0.6 is 45.3 Å². The number of nitrogens with zero attached hydrogens (tertiary/aromatic N) is 20. The highest BCUT2D eigenvalue weighted by molar-refractivity contribution is 7.14. The third-order valence-electron chi connectivity index (χ3n) is 21.1. The number of aromatic nitrogens is 24. The van der Waals surface area contributed by atoms with Crippen LogP contribution in [0.4, 0.5) is 40.3 Å². The van der Waals surface area contributed by atoms with Crippen LogP contribution in [-0.4, -0.2) is 230 Å². The molecule has 0 bridgehead atoms. The highest BCUT2D eigenvalue weighted by Crippen LogP contribution is 2.44. The first-order valence-corrected chi connectivity index (χ1v) is 45.2. The molecule has 16 aromatic rings. The van der Waals surface area contributed by atoms with Crippen molar-refractivity contribution >= 4 is 105 Å². The largest absolute Gasteiger partial charge is 0.483 e. The number of ether oxygens (including phenoxy) is 4. The zero-order valence-corrected chi connectivity index (χ0v) is 74.7. The molecular weight excluding hydrogens is 1820 g/mol. The Morgan fingerprint density at radius 3 is 1.09 bits per heavy atom. The van der Waals surface area contributed by atoms with Gasteiger partial charge in [0.05, 0.1) is 113 Å². The first-order chi connectivity index (χ1) is 65.3. The van der Waals surface area contributed by atoms with Crippen LogP contribution < -0.4 is 21.3 Å². The summed E-state index contributed by atoms with van der Waals surface area (Å²) in [5.74, 6) is -2.49. The summed E-state index contributed by atoms with van der Waals surface area (Å²) < 4.78 is 86.3. The lowest BCUT2D eigenvalue weighted by molar-refractivity contribution is -0.123. The number of hydrogen-bond acceptors (Lipinski definition) is 30. The third kappa shape index (κ3) is 22.3. The molecule has 4 aliphatic carbocycles. The Morgan fingerprint density at radius 1 is 0.425 bits per heavy atom. The second-order valence-electron chi connectivity index (χ2n) is 29.6. The van der Waals surface area contributed by atoms with Gasteiger partial charge in [0.1, 0.15) is 89.4 Å². The molecular formula is C86H84F4N28O12S4. The van der Waals surface area contributed by atoms with E-state index in [0.29, 0.717) is 116 Å². The molecule has 4 fully saturated rings. The number of hydrogen-bond donors (Lipinski definition) is 10. The van der Waals surface area contributed by atoms with E-state index in [2.05, 4.69) is 122 Å². The SMILES string of the molecule is CCOC1CC(n2cc(NC(=O)c3csc(-c4cn[nH]c4)n3)c(-c3cc(F)ccn3)n2)C1.CCOC1CC(n2cc(NC(=O)c3csc(-c4cn[nH]c4)n3)c(-c3ncccc3F)n2)C1.CCO[C@@H]1C[C@H](n2cc(NC(=O)c3csc(-c4cn[nH]c4)n3)c(-c3ccccn3)n2)C1F.CCO[C@@H]1C[C@H](n2cc(NC(=O)c3csc(-c4cn[nH]c4)n3)c(-c3ccccn3)n2)C1F.O=CO.O=CO. The Balaban J connectivity index is 0.000000133. The predicted molar refractivity (Wildman–Crippen MR) is 485 cm³/mol. The number of aromatic amines is 4. The molecule has 48 heteroatoms. The Morgan fingerprint density at radius 2 is 0.761 bits per heavy atom. The summed E-state index contributed by atoms with van der Waals surface area (Å²) in [6.07, 6.45) is 27.9. The van der Waals surface area contributed by atoms with Crippen LogP contribution in [0.2, 0.25) is 0 Å². The average Bonchev–Trinajstić information content (AvgIpc) is 1.62. The second kappa shape index (κ2) is 44.4. The lowest BCUT2D eigenvalue weighted by Gasteiger charge is -2.38. The lowest BCUT2D eigenvalue weighted by atomic mass is 9.87. The van der Waals surface area contributed by atoms with Crippen molar-refractivity contribution in [2.75, 3.05) is 47.7 Å². The number of H-pyrrole nitrogens is 4. The summed E-state index contributed by atoms with van der Waals surface area (Å²) in [4.78, 5) is 103. The smallest absolute Gasteiger partial charge is 0.290 e. The molecule has 16 aromatic heterocycles. The van der Waals surface area contributed by atoms with Gasteiger partial charge >= 0.3 is 0 Å². The van der Waals surface area contributed by atoms with Crippen LogP contribution in [0, 0.1) is 11.6 Å². The molecule has 4 aliphatic rings. The molecule has 20 rings (SSSR count). The normalized spacial score (nSPS) is 18.3. The number of halogens is 4. The van der Waals surface area contributed by atoms with Gasteiger partial charge in [0.2, 0.25) is 0 Å². The monoisotopic (exact) mass is 1900 g/mol. The number of carboxylic acid groups (broad SMARTS) is 2. The van der Waals surface area contributed by atoms with Crippen LogP contribution in [0.5, 0.6) is 0 Å². The van der Waals surface area contributed by atoms with Gasteiger partial charge in [-0.05, 0) is 95.8 Å². The molecule has 0 radical (unpaired) electrons. The van der Waals surface area contributed by atoms with Crippen LogP contribution in [-0.2, 0) is 28.5 Å². The van der Waals surface area contributed by atoms with Gasteiger partial charge < -0.3 is 50.4 Å². The summed E-state index contributed by atoms with van der Waals surface area (Å²) in [6, 6.07) is 15.6. The zero-order chi connectivity index (χ0) is 93.7. The van der Waals surface area contributed by atoms with Crippen molar-refractivity contribution < 1.29 is 75.5 Å². The Labute approximate surface area is 773 Å². The van der Waals surface area contributed by atoms with Gasteiger partial charge in [-0.1, -0.05) is 12.1 Å². The van der Waals surface area contributed by atoms with Crippen LogP contribution in [0.25, 0.3) is 87.8 Å². The molecule has 10 N–H and O–H groups in total. The molecule has 6 atom stereocenters. The Bertz CT molecular complexity index is 6340. The van der Waals surface area contributed by atoms with E-state index in [9.17, 15) is 36.7 Å².